The van der Waals surface area contributed by atoms with Crippen molar-refractivity contribution >= 4 is 15.9 Å². The maximum Gasteiger partial charge on any atom is 0.251 e. The molecule has 156 valence electrons. The van der Waals surface area contributed by atoms with Gasteiger partial charge in [-0.15, -0.1) is 0 Å². The van der Waals surface area contributed by atoms with Crippen LogP contribution in [0.3, 0.4) is 0 Å². The second-order valence-corrected chi connectivity index (χ2v) is 10.0. The third kappa shape index (κ3) is 4.92. The fourth-order valence-electron chi connectivity index (χ4n) is 3.70. The summed E-state index contributed by atoms with van der Waals surface area (Å²) in [5.74, 6) is -0.207. The molecular weight excluding hydrogens is 380 g/mol. The van der Waals surface area contributed by atoms with Gasteiger partial charge in [-0.3, -0.25) is 4.79 Å². The van der Waals surface area contributed by atoms with Crippen LogP contribution in [-0.4, -0.2) is 51.3 Å². The zero-order valence-corrected chi connectivity index (χ0v) is 17.3. The zero-order valence-electron chi connectivity index (χ0n) is 16.5. The molecule has 7 nitrogen and oxygen atoms in total. The van der Waals surface area contributed by atoms with E-state index in [-0.39, 0.29) is 40.3 Å². The van der Waals surface area contributed by atoms with E-state index in [4.69, 9.17) is 4.74 Å². The number of hydrogen-bond acceptors (Lipinski definition) is 5. The van der Waals surface area contributed by atoms with Crippen LogP contribution < -0.4 is 10.0 Å². The van der Waals surface area contributed by atoms with E-state index in [1.54, 1.807) is 12.1 Å². The third-order valence-electron chi connectivity index (χ3n) is 5.68. The summed E-state index contributed by atoms with van der Waals surface area (Å²) in [4.78, 5) is 12.6. The van der Waals surface area contributed by atoms with Crippen LogP contribution in [-0.2, 0) is 14.8 Å². The lowest BCUT2D eigenvalue weighted by atomic mass is 9.90. The number of hydrogen-bond donors (Lipinski definition) is 3. The summed E-state index contributed by atoms with van der Waals surface area (Å²) in [5, 5.41) is 13.2. The largest absolute Gasteiger partial charge is 0.392 e. The molecule has 3 N–H and O–H groups in total. The minimum Gasteiger partial charge on any atom is -0.392 e. The van der Waals surface area contributed by atoms with Crippen LogP contribution >= 0.6 is 0 Å². The van der Waals surface area contributed by atoms with Crippen LogP contribution in [0.5, 0.6) is 0 Å². The van der Waals surface area contributed by atoms with Crippen molar-refractivity contribution in [3.05, 3.63) is 29.8 Å². The molecule has 2 atom stereocenters. The number of carbonyl (C=O) groups is 1. The van der Waals surface area contributed by atoms with Crippen molar-refractivity contribution in [2.45, 2.75) is 56.6 Å². The average molecular weight is 411 g/mol. The molecule has 1 aliphatic carbocycles. The number of aliphatic hydroxyl groups excluding tert-OH is 1. The summed E-state index contributed by atoms with van der Waals surface area (Å²) < 4.78 is 33.0. The lowest BCUT2D eigenvalue weighted by Crippen LogP contribution is -2.38. The first-order chi connectivity index (χ1) is 13.2. The molecule has 1 heterocycles. The molecule has 8 heteroatoms. The number of sulfonamides is 1. The Morgan fingerprint density at radius 1 is 1.36 bits per heavy atom. The topological polar surface area (TPSA) is 105 Å². The molecule has 1 amide bonds. The third-order valence-corrected chi connectivity index (χ3v) is 7.10. The molecule has 0 spiro atoms. The van der Waals surface area contributed by atoms with Gasteiger partial charge in [0.1, 0.15) is 0 Å². The van der Waals surface area contributed by atoms with Crippen molar-refractivity contribution in [1.29, 1.82) is 0 Å². The van der Waals surface area contributed by atoms with Gasteiger partial charge in [0.2, 0.25) is 10.0 Å². The molecule has 2 fully saturated rings. The molecule has 3 rings (SSSR count). The second kappa shape index (κ2) is 8.49. The molecule has 1 saturated carbocycles. The van der Waals surface area contributed by atoms with Crippen molar-refractivity contribution in [3.8, 4) is 0 Å². The fraction of sp³-hybridized carbons (Fsp3) is 0.650. The highest BCUT2D eigenvalue weighted by Gasteiger charge is 2.49. The van der Waals surface area contributed by atoms with Gasteiger partial charge in [-0.25, -0.2) is 13.1 Å². The summed E-state index contributed by atoms with van der Waals surface area (Å²) in [5.41, 5.74) is 0.0333. The Kier molecular flexibility index (Phi) is 6.44. The smallest absolute Gasteiger partial charge is 0.251 e. The first-order valence-electron chi connectivity index (χ1n) is 9.91. The van der Waals surface area contributed by atoms with Crippen LogP contribution in [0.2, 0.25) is 0 Å². The van der Waals surface area contributed by atoms with Gasteiger partial charge < -0.3 is 15.2 Å². The van der Waals surface area contributed by atoms with Crippen molar-refractivity contribution in [1.82, 2.24) is 10.0 Å². The van der Waals surface area contributed by atoms with Crippen LogP contribution in [0.25, 0.3) is 0 Å². The van der Waals surface area contributed by atoms with Crippen molar-refractivity contribution in [2.75, 3.05) is 19.7 Å². The van der Waals surface area contributed by atoms with E-state index >= 15 is 0 Å². The number of ether oxygens (including phenoxy) is 1. The second-order valence-electron chi connectivity index (χ2n) is 8.25. The summed E-state index contributed by atoms with van der Waals surface area (Å²) >= 11 is 0. The highest BCUT2D eigenvalue weighted by Crippen LogP contribution is 2.50. The molecule has 0 unspecified atom stereocenters. The quantitative estimate of drug-likeness (QED) is 0.574. The first-order valence-corrected chi connectivity index (χ1v) is 11.4. The van der Waals surface area contributed by atoms with E-state index in [1.807, 2.05) is 13.8 Å². The molecular formula is C20H30N2O5S. The number of aliphatic hydroxyl groups is 1. The number of amides is 1. The molecule has 0 aromatic heterocycles. The van der Waals surface area contributed by atoms with Gasteiger partial charge in [0.05, 0.1) is 17.1 Å². The Balaban J connectivity index is 1.61. The van der Waals surface area contributed by atoms with Crippen LogP contribution in [0.4, 0.5) is 0 Å². The molecule has 1 aliphatic heterocycles. The molecule has 1 aromatic carbocycles. The van der Waals surface area contributed by atoms with Crippen LogP contribution in [0.15, 0.2) is 29.2 Å². The number of benzene rings is 1. The molecule has 2 aliphatic rings. The van der Waals surface area contributed by atoms with Gasteiger partial charge >= 0.3 is 0 Å². The predicted octanol–water partition coefficient (Wildman–Crippen LogP) is 1.67. The standard InChI is InChI=1S/C20H30N2O5S/c1-14(2)18(23)20(8-9-20)13-21-19(24)15-5-3-7-17(11-15)28(25,26)22-12-16-6-4-10-27-16/h3,5,7,11,14,16,18,22-23H,4,6,8-10,12-13H2,1-2H3,(H,21,24)/t16-,18-/m0/s1. The predicted molar refractivity (Wildman–Crippen MR) is 105 cm³/mol. The van der Waals surface area contributed by atoms with Gasteiger partial charge in [0.15, 0.2) is 0 Å². The minimum absolute atomic E-state index is 0.0569. The van der Waals surface area contributed by atoms with Crippen molar-refractivity contribution < 1.29 is 23.1 Å². The van der Waals surface area contributed by atoms with Crippen molar-refractivity contribution in [3.63, 3.8) is 0 Å². The Labute approximate surface area is 166 Å². The van der Waals surface area contributed by atoms with E-state index in [0.29, 0.717) is 13.2 Å². The summed E-state index contributed by atoms with van der Waals surface area (Å²) in [6, 6.07) is 6.00. The Bertz CT molecular complexity index is 799. The summed E-state index contributed by atoms with van der Waals surface area (Å²) in [6.45, 7) is 5.21. The lowest BCUT2D eigenvalue weighted by Gasteiger charge is -2.25. The summed E-state index contributed by atoms with van der Waals surface area (Å²) in [6.07, 6.45) is 3.00. The molecule has 1 aromatic rings. The van der Waals surface area contributed by atoms with Gasteiger partial charge in [-0.05, 0) is 49.8 Å². The van der Waals surface area contributed by atoms with E-state index in [2.05, 4.69) is 10.0 Å². The van der Waals surface area contributed by atoms with E-state index < -0.39 is 16.1 Å². The monoisotopic (exact) mass is 410 g/mol. The average Bonchev–Trinajstić information content (AvgIpc) is 3.28. The highest BCUT2D eigenvalue weighted by molar-refractivity contribution is 7.89. The summed E-state index contributed by atoms with van der Waals surface area (Å²) in [7, 11) is -3.71. The Morgan fingerprint density at radius 3 is 2.71 bits per heavy atom. The van der Waals surface area contributed by atoms with E-state index in [9.17, 15) is 18.3 Å². The van der Waals surface area contributed by atoms with Gasteiger partial charge in [-0.2, -0.15) is 0 Å². The van der Waals surface area contributed by atoms with Gasteiger partial charge in [-0.1, -0.05) is 19.9 Å². The first kappa shape index (κ1) is 21.2. The lowest BCUT2D eigenvalue weighted by molar-refractivity contribution is 0.0490. The zero-order chi connectivity index (χ0) is 20.4. The van der Waals surface area contributed by atoms with E-state index in [0.717, 1.165) is 25.7 Å². The Morgan fingerprint density at radius 2 is 2.11 bits per heavy atom. The molecule has 0 bridgehead atoms. The normalized spacial score (nSPS) is 22.2. The number of nitrogens with one attached hydrogen (secondary N) is 2. The highest BCUT2D eigenvalue weighted by atomic mass is 32.2. The number of rotatable bonds is 9. The molecule has 28 heavy (non-hydrogen) atoms. The van der Waals surface area contributed by atoms with Gasteiger partial charge in [0, 0.05) is 30.7 Å². The number of carbonyl (C=O) groups excluding carboxylic acids is 1. The Hall–Kier alpha value is -1.48. The SMILES string of the molecule is CC(C)[C@H](O)C1(CNC(=O)c2cccc(S(=O)(=O)NC[C@@H]3CCCO3)c2)CC1. The fourth-order valence-corrected chi connectivity index (χ4v) is 4.81. The van der Waals surface area contributed by atoms with Crippen molar-refractivity contribution in [2.24, 2.45) is 11.3 Å². The van der Waals surface area contributed by atoms with Gasteiger partial charge in [0.25, 0.3) is 5.91 Å². The van der Waals surface area contributed by atoms with Crippen LogP contribution in [0, 0.1) is 11.3 Å². The molecule has 1 saturated heterocycles. The maximum atomic E-state index is 12.5. The minimum atomic E-state index is -3.71. The van der Waals surface area contributed by atoms with E-state index in [1.165, 1.54) is 12.1 Å². The molecule has 0 radical (unpaired) electrons. The van der Waals surface area contributed by atoms with Crippen LogP contribution in [0.1, 0.15) is 49.9 Å². The maximum absolute atomic E-state index is 12.5.